The van der Waals surface area contributed by atoms with Gasteiger partial charge in [-0.3, -0.25) is 19.3 Å². The molecule has 0 fully saturated rings. The number of esters is 1. The summed E-state index contributed by atoms with van der Waals surface area (Å²) >= 11 is 1.10. The molecule has 4 atom stereocenters. The molecule has 1 unspecified atom stereocenters. The Kier molecular flexibility index (Phi) is 11.5. The zero-order chi connectivity index (χ0) is 28.0. The van der Waals surface area contributed by atoms with Crippen molar-refractivity contribution in [3.8, 4) is 0 Å². The van der Waals surface area contributed by atoms with Crippen LogP contribution in [0.2, 0.25) is 0 Å². The van der Waals surface area contributed by atoms with Gasteiger partial charge in [0.1, 0.15) is 11.0 Å². The lowest BCUT2D eigenvalue weighted by atomic mass is 9.92. The van der Waals surface area contributed by atoms with E-state index in [1.165, 1.54) is 12.3 Å². The number of likely N-dealkylation sites (N-methyl/N-ethyl adjacent to an activating group) is 2. The summed E-state index contributed by atoms with van der Waals surface area (Å²) in [7, 11) is 5.30. The van der Waals surface area contributed by atoms with E-state index in [2.05, 4.69) is 10.3 Å². The Morgan fingerprint density at radius 1 is 1.17 bits per heavy atom. The summed E-state index contributed by atoms with van der Waals surface area (Å²) in [6.45, 7) is 12.7. The number of carboxylic acids is 1. The van der Waals surface area contributed by atoms with Gasteiger partial charge in [0.05, 0.1) is 5.54 Å². The summed E-state index contributed by atoms with van der Waals surface area (Å²) in [5, 5.41) is 14.0. The highest BCUT2D eigenvalue weighted by molar-refractivity contribution is 7.09. The number of carbonyl (C=O) groups is 4. The van der Waals surface area contributed by atoms with Gasteiger partial charge in [-0.05, 0) is 39.8 Å². The van der Waals surface area contributed by atoms with Gasteiger partial charge in [0, 0.05) is 31.8 Å². The van der Waals surface area contributed by atoms with Gasteiger partial charge in [-0.2, -0.15) is 0 Å². The van der Waals surface area contributed by atoms with Gasteiger partial charge < -0.3 is 20.1 Å². The van der Waals surface area contributed by atoms with Gasteiger partial charge in [-0.25, -0.2) is 9.78 Å². The maximum absolute atomic E-state index is 13.8. The van der Waals surface area contributed by atoms with Crippen molar-refractivity contribution in [1.29, 1.82) is 0 Å². The van der Waals surface area contributed by atoms with Crippen LogP contribution in [0.15, 0.2) is 5.38 Å². The highest BCUT2D eigenvalue weighted by Gasteiger charge is 2.38. The summed E-state index contributed by atoms with van der Waals surface area (Å²) in [5.74, 6) is -2.32. The Labute approximate surface area is 218 Å². The summed E-state index contributed by atoms with van der Waals surface area (Å²) in [5.41, 5.74) is -0.935. The van der Waals surface area contributed by atoms with Crippen LogP contribution in [-0.2, 0) is 19.1 Å². The molecule has 1 heterocycles. The van der Waals surface area contributed by atoms with Crippen LogP contribution in [-0.4, -0.2) is 82.4 Å². The standard InChI is InChI=1S/C25H42N4O6S/c1-11-15(4)20(27-24(34)25(6,7)28(8)9)22(31)29(10)18(14(2)3)12-19(35-16(5)30)21-26-17(13-36-21)23(32)33/h13-15,18-20H,11-12H2,1-10H3,(H,27,34)(H,32,33)/t15-,18?,19+,20-/m0/s1. The third kappa shape index (κ3) is 7.99. The maximum atomic E-state index is 13.8. The largest absolute Gasteiger partial charge is 0.476 e. The van der Waals surface area contributed by atoms with Gasteiger partial charge in [-0.15, -0.1) is 11.3 Å². The maximum Gasteiger partial charge on any atom is 0.355 e. The zero-order valence-corrected chi connectivity index (χ0v) is 23.9. The molecular formula is C25H42N4O6S. The number of nitrogens with zero attached hydrogens (tertiary/aromatic N) is 3. The molecule has 10 nitrogen and oxygen atoms in total. The molecule has 0 spiro atoms. The van der Waals surface area contributed by atoms with Crippen molar-refractivity contribution < 1.29 is 29.0 Å². The van der Waals surface area contributed by atoms with Gasteiger partial charge >= 0.3 is 11.9 Å². The number of hydrogen-bond donors (Lipinski definition) is 2. The van der Waals surface area contributed by atoms with E-state index in [0.29, 0.717) is 11.4 Å². The molecular weight excluding hydrogens is 484 g/mol. The van der Waals surface area contributed by atoms with E-state index in [1.807, 2.05) is 41.8 Å². The predicted octanol–water partition coefficient (Wildman–Crippen LogP) is 3.19. The van der Waals surface area contributed by atoms with Crippen LogP contribution in [0.5, 0.6) is 0 Å². The molecule has 0 aliphatic rings. The van der Waals surface area contributed by atoms with E-state index in [0.717, 1.165) is 11.3 Å². The molecule has 36 heavy (non-hydrogen) atoms. The van der Waals surface area contributed by atoms with Crippen molar-refractivity contribution in [2.75, 3.05) is 21.1 Å². The van der Waals surface area contributed by atoms with E-state index < -0.39 is 29.6 Å². The average molecular weight is 527 g/mol. The monoisotopic (exact) mass is 526 g/mol. The van der Waals surface area contributed by atoms with E-state index in [1.54, 1.807) is 30.7 Å². The topological polar surface area (TPSA) is 129 Å². The number of hydrogen-bond acceptors (Lipinski definition) is 8. The van der Waals surface area contributed by atoms with E-state index in [-0.39, 0.29) is 41.8 Å². The molecule has 2 amide bonds. The number of carbonyl (C=O) groups excluding carboxylic acids is 3. The van der Waals surface area contributed by atoms with Crippen LogP contribution in [0.3, 0.4) is 0 Å². The number of aromatic carboxylic acids is 1. The molecule has 0 aromatic carbocycles. The van der Waals surface area contributed by atoms with Crippen LogP contribution in [0.25, 0.3) is 0 Å². The number of carboxylic acid groups (broad SMARTS) is 1. The Morgan fingerprint density at radius 3 is 2.17 bits per heavy atom. The fraction of sp³-hybridized carbons (Fsp3) is 0.720. The molecule has 1 aromatic rings. The van der Waals surface area contributed by atoms with Crippen molar-refractivity contribution in [2.45, 2.75) is 85.0 Å². The summed E-state index contributed by atoms with van der Waals surface area (Å²) in [6.07, 6.45) is 0.107. The van der Waals surface area contributed by atoms with Gasteiger partial charge in [0.2, 0.25) is 11.8 Å². The lowest BCUT2D eigenvalue weighted by Gasteiger charge is -2.38. The highest BCUT2D eigenvalue weighted by Crippen LogP contribution is 2.31. The molecule has 1 rings (SSSR count). The molecule has 11 heteroatoms. The van der Waals surface area contributed by atoms with Crippen LogP contribution in [0.4, 0.5) is 0 Å². The predicted molar refractivity (Wildman–Crippen MR) is 139 cm³/mol. The minimum atomic E-state index is -1.17. The molecule has 1 aromatic heterocycles. The van der Waals surface area contributed by atoms with Crippen LogP contribution in [0, 0.1) is 11.8 Å². The Morgan fingerprint density at radius 2 is 1.75 bits per heavy atom. The lowest BCUT2D eigenvalue weighted by Crippen LogP contribution is -2.60. The Bertz CT molecular complexity index is 929. The van der Waals surface area contributed by atoms with E-state index >= 15 is 0 Å². The summed E-state index contributed by atoms with van der Waals surface area (Å²) < 4.78 is 5.51. The van der Waals surface area contributed by atoms with Crippen molar-refractivity contribution >= 4 is 35.1 Å². The fourth-order valence-corrected chi connectivity index (χ4v) is 4.45. The first kappa shape index (κ1) is 31.5. The quantitative estimate of drug-likeness (QED) is 0.375. The van der Waals surface area contributed by atoms with E-state index in [9.17, 15) is 24.3 Å². The van der Waals surface area contributed by atoms with Gasteiger partial charge in [0.15, 0.2) is 11.8 Å². The van der Waals surface area contributed by atoms with Crippen molar-refractivity contribution in [3.05, 3.63) is 16.1 Å². The van der Waals surface area contributed by atoms with Crippen molar-refractivity contribution in [1.82, 2.24) is 20.1 Å². The van der Waals surface area contributed by atoms with Crippen LogP contribution in [0.1, 0.15) is 82.9 Å². The lowest BCUT2D eigenvalue weighted by molar-refractivity contribution is -0.149. The first-order valence-electron chi connectivity index (χ1n) is 12.1. The molecule has 204 valence electrons. The molecule has 2 N–H and O–H groups in total. The third-order valence-corrected chi connectivity index (χ3v) is 7.77. The minimum Gasteiger partial charge on any atom is -0.476 e. The molecule has 0 radical (unpaired) electrons. The zero-order valence-electron chi connectivity index (χ0n) is 23.1. The molecule has 0 saturated carbocycles. The number of amides is 2. The number of ether oxygens (including phenoxy) is 1. The second kappa shape index (κ2) is 13.1. The fourth-order valence-electron chi connectivity index (χ4n) is 3.62. The number of aromatic nitrogens is 1. The summed E-state index contributed by atoms with van der Waals surface area (Å²) in [6, 6.07) is -1.11. The highest BCUT2D eigenvalue weighted by atomic mass is 32.1. The number of thiazole rings is 1. The van der Waals surface area contributed by atoms with Crippen LogP contribution < -0.4 is 5.32 Å². The molecule has 0 aliphatic heterocycles. The first-order chi connectivity index (χ1) is 16.5. The Balaban J connectivity index is 3.27. The third-order valence-electron chi connectivity index (χ3n) is 6.83. The smallest absolute Gasteiger partial charge is 0.355 e. The van der Waals surface area contributed by atoms with Crippen molar-refractivity contribution in [3.63, 3.8) is 0 Å². The first-order valence-corrected chi connectivity index (χ1v) is 13.0. The Hall–Kier alpha value is -2.53. The second-order valence-corrected chi connectivity index (χ2v) is 11.2. The SMILES string of the molecule is CC[C@H](C)[C@H](NC(=O)C(C)(C)N(C)C)C(=O)N(C)C(C[C@@H](OC(C)=O)c1nc(C(=O)O)cs1)C(C)C. The molecule has 0 bridgehead atoms. The molecule has 0 aliphatic carbocycles. The van der Waals surface area contributed by atoms with E-state index in [4.69, 9.17) is 4.74 Å². The molecule has 0 saturated heterocycles. The minimum absolute atomic E-state index is 0.0255. The summed E-state index contributed by atoms with van der Waals surface area (Å²) in [4.78, 5) is 57.5. The van der Waals surface area contributed by atoms with Gasteiger partial charge in [-0.1, -0.05) is 34.1 Å². The normalized spacial score (nSPS) is 15.2. The van der Waals surface area contributed by atoms with Gasteiger partial charge in [0.25, 0.3) is 0 Å². The number of rotatable bonds is 13. The second-order valence-electron chi connectivity index (χ2n) is 10.3. The average Bonchev–Trinajstić information content (AvgIpc) is 3.28. The number of nitrogens with one attached hydrogen (secondary N) is 1. The van der Waals surface area contributed by atoms with Crippen LogP contribution >= 0.6 is 11.3 Å². The van der Waals surface area contributed by atoms with Crippen molar-refractivity contribution in [2.24, 2.45) is 11.8 Å².